The van der Waals surface area contributed by atoms with Crippen molar-refractivity contribution in [1.82, 2.24) is 5.32 Å². The smallest absolute Gasteiger partial charge is 0.407 e. The Kier molecular flexibility index (Phi) is 20.1. The molecule has 1 N–H and O–H groups in total. The molecule has 0 saturated heterocycles. The SMILES string of the molecule is CCCCCCCCCCCCCCOC(=O)[C@H](CC(C)C)NC(=O)OCCCC. The standard InChI is InChI=1S/C25H49NO4/c1-5-7-9-10-11-12-13-14-15-16-17-18-20-29-24(27)23(21-22(3)4)26-25(28)30-19-8-6-2/h22-23H,5-21H2,1-4H3,(H,26,28)/t23-/m0/s1. The summed E-state index contributed by atoms with van der Waals surface area (Å²) in [7, 11) is 0. The molecule has 0 saturated carbocycles. The number of hydrogen-bond donors (Lipinski definition) is 1. The lowest BCUT2D eigenvalue weighted by atomic mass is 10.0. The quantitative estimate of drug-likeness (QED) is 0.165. The molecule has 0 aromatic carbocycles. The summed E-state index contributed by atoms with van der Waals surface area (Å²) < 4.78 is 10.5. The van der Waals surface area contributed by atoms with E-state index in [1.54, 1.807) is 0 Å². The summed E-state index contributed by atoms with van der Waals surface area (Å²) in [6.07, 6.45) is 17.1. The Balaban J connectivity index is 3.79. The molecule has 0 fully saturated rings. The molecule has 0 radical (unpaired) electrons. The number of rotatable bonds is 20. The highest BCUT2D eigenvalue weighted by atomic mass is 16.6. The van der Waals surface area contributed by atoms with Crippen molar-refractivity contribution in [3.05, 3.63) is 0 Å². The average Bonchev–Trinajstić information content (AvgIpc) is 2.70. The van der Waals surface area contributed by atoms with E-state index in [4.69, 9.17) is 9.47 Å². The topological polar surface area (TPSA) is 64.6 Å². The fraction of sp³-hybridized carbons (Fsp3) is 0.920. The summed E-state index contributed by atoms with van der Waals surface area (Å²) in [5.74, 6) is -0.0654. The lowest BCUT2D eigenvalue weighted by Crippen LogP contribution is -2.43. The van der Waals surface area contributed by atoms with Gasteiger partial charge in [-0.25, -0.2) is 9.59 Å². The molecule has 0 heterocycles. The van der Waals surface area contributed by atoms with Gasteiger partial charge in [-0.15, -0.1) is 0 Å². The van der Waals surface area contributed by atoms with Crippen molar-refractivity contribution >= 4 is 12.1 Å². The highest BCUT2D eigenvalue weighted by molar-refractivity contribution is 5.81. The van der Waals surface area contributed by atoms with Crippen LogP contribution in [0, 0.1) is 5.92 Å². The van der Waals surface area contributed by atoms with Gasteiger partial charge >= 0.3 is 12.1 Å². The minimum absolute atomic E-state index is 0.283. The zero-order chi connectivity index (χ0) is 22.5. The van der Waals surface area contributed by atoms with Gasteiger partial charge in [0.05, 0.1) is 13.2 Å². The van der Waals surface area contributed by atoms with Gasteiger partial charge in [-0.1, -0.05) is 105 Å². The van der Waals surface area contributed by atoms with Gasteiger partial charge < -0.3 is 14.8 Å². The van der Waals surface area contributed by atoms with Crippen LogP contribution < -0.4 is 5.32 Å². The number of carbonyl (C=O) groups is 2. The van der Waals surface area contributed by atoms with Crippen LogP contribution in [0.4, 0.5) is 4.79 Å². The van der Waals surface area contributed by atoms with E-state index in [9.17, 15) is 9.59 Å². The van der Waals surface area contributed by atoms with Crippen molar-refractivity contribution in [2.24, 2.45) is 5.92 Å². The predicted octanol–water partition coefficient (Wildman–Crippen LogP) is 7.17. The van der Waals surface area contributed by atoms with Crippen molar-refractivity contribution in [2.45, 2.75) is 130 Å². The van der Waals surface area contributed by atoms with Crippen LogP contribution in [0.1, 0.15) is 124 Å². The Bertz CT molecular complexity index is 412. The Morgan fingerprint density at radius 3 is 1.63 bits per heavy atom. The van der Waals surface area contributed by atoms with Crippen LogP contribution in [-0.2, 0) is 14.3 Å². The monoisotopic (exact) mass is 427 g/mol. The van der Waals surface area contributed by atoms with Crippen molar-refractivity contribution in [1.29, 1.82) is 0 Å². The molecule has 0 aromatic rings. The van der Waals surface area contributed by atoms with Crippen LogP contribution >= 0.6 is 0 Å². The van der Waals surface area contributed by atoms with E-state index in [2.05, 4.69) is 12.2 Å². The predicted molar refractivity (Wildman–Crippen MR) is 125 cm³/mol. The summed E-state index contributed by atoms with van der Waals surface area (Å²) in [5.41, 5.74) is 0. The molecule has 178 valence electrons. The Hall–Kier alpha value is -1.26. The molecule has 0 aliphatic rings. The zero-order valence-corrected chi connectivity index (χ0v) is 20.3. The van der Waals surface area contributed by atoms with Crippen molar-refractivity contribution < 1.29 is 19.1 Å². The first-order valence-electron chi connectivity index (χ1n) is 12.6. The largest absolute Gasteiger partial charge is 0.464 e. The zero-order valence-electron chi connectivity index (χ0n) is 20.3. The minimum Gasteiger partial charge on any atom is -0.464 e. The second kappa shape index (κ2) is 21.0. The number of ether oxygens (including phenoxy) is 2. The summed E-state index contributed by atoms with van der Waals surface area (Å²) in [6.45, 7) is 9.15. The fourth-order valence-corrected chi connectivity index (χ4v) is 3.40. The number of unbranched alkanes of at least 4 members (excludes halogenated alkanes) is 12. The molecule has 0 aliphatic carbocycles. The third-order valence-electron chi connectivity index (χ3n) is 5.26. The molecular formula is C25H49NO4. The van der Waals surface area contributed by atoms with E-state index in [1.165, 1.54) is 64.2 Å². The minimum atomic E-state index is -0.628. The normalized spacial score (nSPS) is 12.0. The molecule has 1 atom stereocenters. The van der Waals surface area contributed by atoms with Gasteiger partial charge in [-0.05, 0) is 25.2 Å². The van der Waals surface area contributed by atoms with Crippen LogP contribution in [-0.4, -0.2) is 31.3 Å². The molecule has 0 bridgehead atoms. The first-order chi connectivity index (χ1) is 14.5. The number of amides is 1. The highest BCUT2D eigenvalue weighted by Crippen LogP contribution is 2.12. The van der Waals surface area contributed by atoms with E-state index in [1.807, 2.05) is 20.8 Å². The summed E-state index contributed by atoms with van der Waals surface area (Å²) >= 11 is 0. The van der Waals surface area contributed by atoms with Crippen molar-refractivity contribution in [3.63, 3.8) is 0 Å². The van der Waals surface area contributed by atoms with Gasteiger partial charge in [-0.3, -0.25) is 0 Å². The molecule has 5 heteroatoms. The van der Waals surface area contributed by atoms with E-state index in [0.717, 1.165) is 25.7 Å². The summed E-state index contributed by atoms with van der Waals surface area (Å²) in [6, 6.07) is -0.628. The van der Waals surface area contributed by atoms with Gasteiger partial charge in [-0.2, -0.15) is 0 Å². The molecule has 30 heavy (non-hydrogen) atoms. The molecule has 1 amide bonds. The van der Waals surface area contributed by atoms with Crippen LogP contribution in [0.15, 0.2) is 0 Å². The van der Waals surface area contributed by atoms with Gasteiger partial charge in [0.1, 0.15) is 6.04 Å². The lowest BCUT2D eigenvalue weighted by molar-refractivity contribution is -0.146. The second-order valence-corrected chi connectivity index (χ2v) is 8.87. The van der Waals surface area contributed by atoms with E-state index >= 15 is 0 Å². The fourth-order valence-electron chi connectivity index (χ4n) is 3.40. The Morgan fingerprint density at radius 1 is 0.667 bits per heavy atom. The van der Waals surface area contributed by atoms with Crippen LogP contribution in [0.2, 0.25) is 0 Å². The molecule has 5 nitrogen and oxygen atoms in total. The number of nitrogens with one attached hydrogen (secondary N) is 1. The third-order valence-corrected chi connectivity index (χ3v) is 5.26. The Morgan fingerprint density at radius 2 is 1.13 bits per heavy atom. The molecule has 0 unspecified atom stereocenters. The second-order valence-electron chi connectivity index (χ2n) is 8.87. The molecule has 0 rings (SSSR count). The summed E-state index contributed by atoms with van der Waals surface area (Å²) in [4.78, 5) is 24.2. The molecular weight excluding hydrogens is 378 g/mol. The first-order valence-corrected chi connectivity index (χ1v) is 12.6. The summed E-state index contributed by atoms with van der Waals surface area (Å²) in [5, 5.41) is 2.67. The number of esters is 1. The molecule has 0 aliphatic heterocycles. The van der Waals surface area contributed by atoms with Gasteiger partial charge in [0.2, 0.25) is 0 Å². The maximum absolute atomic E-state index is 12.4. The maximum atomic E-state index is 12.4. The van der Waals surface area contributed by atoms with E-state index in [-0.39, 0.29) is 11.9 Å². The molecule has 0 aromatic heterocycles. The van der Waals surface area contributed by atoms with E-state index in [0.29, 0.717) is 19.6 Å². The van der Waals surface area contributed by atoms with Crippen molar-refractivity contribution in [3.8, 4) is 0 Å². The van der Waals surface area contributed by atoms with E-state index < -0.39 is 12.1 Å². The van der Waals surface area contributed by atoms with Gasteiger partial charge in [0.25, 0.3) is 0 Å². The number of alkyl carbamates (subject to hydrolysis) is 1. The van der Waals surface area contributed by atoms with Gasteiger partial charge in [0.15, 0.2) is 0 Å². The number of carbonyl (C=O) groups excluding carboxylic acids is 2. The van der Waals surface area contributed by atoms with Crippen LogP contribution in [0.25, 0.3) is 0 Å². The number of hydrogen-bond acceptors (Lipinski definition) is 4. The molecule has 0 spiro atoms. The maximum Gasteiger partial charge on any atom is 0.407 e. The van der Waals surface area contributed by atoms with Crippen LogP contribution in [0.5, 0.6) is 0 Å². The lowest BCUT2D eigenvalue weighted by Gasteiger charge is -2.19. The van der Waals surface area contributed by atoms with Crippen molar-refractivity contribution in [2.75, 3.05) is 13.2 Å². The first kappa shape index (κ1) is 28.7. The third kappa shape index (κ3) is 18.7. The average molecular weight is 428 g/mol. The van der Waals surface area contributed by atoms with Gasteiger partial charge in [0, 0.05) is 0 Å². The highest BCUT2D eigenvalue weighted by Gasteiger charge is 2.23. The Labute approximate surface area is 186 Å². The van der Waals surface area contributed by atoms with Crippen LogP contribution in [0.3, 0.4) is 0 Å².